The molecule has 0 heterocycles. The van der Waals surface area contributed by atoms with Gasteiger partial charge in [0.1, 0.15) is 0 Å². The predicted molar refractivity (Wildman–Crippen MR) is 82.7 cm³/mol. The summed E-state index contributed by atoms with van der Waals surface area (Å²) in [5.41, 5.74) is 6.15. The van der Waals surface area contributed by atoms with Gasteiger partial charge in [0.05, 0.1) is 5.75 Å². The van der Waals surface area contributed by atoms with Crippen molar-refractivity contribution in [2.45, 2.75) is 57.9 Å². The van der Waals surface area contributed by atoms with E-state index in [1.54, 1.807) is 0 Å². The van der Waals surface area contributed by atoms with Gasteiger partial charge in [0.15, 0.2) is 5.17 Å². The molecule has 4 rings (SSSR count). The zero-order chi connectivity index (χ0) is 14.6. The molecule has 112 valence electrons. The fourth-order valence-corrected chi connectivity index (χ4v) is 6.42. The average Bonchev–Trinajstić information content (AvgIpc) is 2.20. The van der Waals surface area contributed by atoms with E-state index in [-0.39, 0.29) is 22.4 Å². The van der Waals surface area contributed by atoms with Crippen molar-refractivity contribution in [1.29, 1.82) is 5.41 Å². The van der Waals surface area contributed by atoms with Gasteiger partial charge in [-0.15, -0.1) is 0 Å². The summed E-state index contributed by atoms with van der Waals surface area (Å²) in [4.78, 5) is 12.2. The zero-order valence-corrected chi connectivity index (χ0v) is 13.2. The van der Waals surface area contributed by atoms with Crippen molar-refractivity contribution in [3.8, 4) is 0 Å². The van der Waals surface area contributed by atoms with Crippen molar-refractivity contribution in [3.05, 3.63) is 0 Å². The summed E-state index contributed by atoms with van der Waals surface area (Å²) in [5.74, 6) is 1.09. The molecule has 0 aliphatic heterocycles. The van der Waals surface area contributed by atoms with Gasteiger partial charge in [0, 0.05) is 5.54 Å². The lowest BCUT2D eigenvalue weighted by molar-refractivity contribution is -0.137. The Labute approximate surface area is 125 Å². The highest BCUT2D eigenvalue weighted by Crippen LogP contribution is 2.66. The average molecular weight is 295 g/mol. The number of amides is 1. The normalized spacial score (nSPS) is 45.4. The monoisotopic (exact) mass is 295 g/mol. The van der Waals surface area contributed by atoms with Gasteiger partial charge in [0.2, 0.25) is 5.91 Å². The lowest BCUT2D eigenvalue weighted by atomic mass is 9.43. The fraction of sp³-hybridized carbons (Fsp3) is 0.867. The molecule has 2 unspecified atom stereocenters. The van der Waals surface area contributed by atoms with E-state index in [4.69, 9.17) is 11.1 Å². The van der Waals surface area contributed by atoms with Crippen LogP contribution in [-0.4, -0.2) is 22.4 Å². The van der Waals surface area contributed by atoms with E-state index in [1.807, 2.05) is 0 Å². The molecule has 0 aromatic heterocycles. The van der Waals surface area contributed by atoms with Crippen molar-refractivity contribution in [1.82, 2.24) is 5.32 Å². The van der Waals surface area contributed by atoms with Crippen LogP contribution in [0.5, 0.6) is 0 Å². The van der Waals surface area contributed by atoms with Crippen LogP contribution in [0.25, 0.3) is 0 Å². The minimum absolute atomic E-state index is 0.0113. The number of carbonyl (C=O) groups excluding carboxylic acids is 1. The lowest BCUT2D eigenvalue weighted by Crippen LogP contribution is -2.65. The highest BCUT2D eigenvalue weighted by molar-refractivity contribution is 8.14. The Kier molecular flexibility index (Phi) is 3.13. The summed E-state index contributed by atoms with van der Waals surface area (Å²) in [7, 11) is 0. The number of nitrogens with two attached hydrogens (primary N) is 1. The largest absolute Gasteiger partial charge is 0.379 e. The number of thioether (sulfide) groups is 1. The van der Waals surface area contributed by atoms with Crippen LogP contribution >= 0.6 is 11.8 Å². The summed E-state index contributed by atoms with van der Waals surface area (Å²) < 4.78 is 0. The predicted octanol–water partition coefficient (Wildman–Crippen LogP) is 2.48. The summed E-state index contributed by atoms with van der Waals surface area (Å²) in [6.45, 7) is 4.81. The number of rotatable bonds is 3. The highest BCUT2D eigenvalue weighted by Gasteiger charge is 2.60. The first-order valence-electron chi connectivity index (χ1n) is 7.50. The number of hydrogen-bond donors (Lipinski definition) is 3. The van der Waals surface area contributed by atoms with E-state index in [0.717, 1.165) is 36.9 Å². The molecule has 20 heavy (non-hydrogen) atoms. The van der Waals surface area contributed by atoms with Gasteiger partial charge >= 0.3 is 0 Å². The summed E-state index contributed by atoms with van der Waals surface area (Å²) in [6, 6.07) is 0. The Hall–Kier alpha value is -0.710. The number of carbonyl (C=O) groups is 1. The van der Waals surface area contributed by atoms with Gasteiger partial charge in [-0.2, -0.15) is 0 Å². The summed E-state index contributed by atoms with van der Waals surface area (Å²) >= 11 is 1.12. The molecule has 0 radical (unpaired) electrons. The summed E-state index contributed by atoms with van der Waals surface area (Å²) in [5, 5.41) is 10.5. The Morgan fingerprint density at radius 3 is 2.35 bits per heavy atom. The number of nitrogens with one attached hydrogen (secondary N) is 2. The van der Waals surface area contributed by atoms with Crippen molar-refractivity contribution in [2.75, 3.05) is 5.75 Å². The maximum atomic E-state index is 12.2. The highest BCUT2D eigenvalue weighted by atomic mass is 32.2. The second-order valence-corrected chi connectivity index (χ2v) is 9.13. The zero-order valence-electron chi connectivity index (χ0n) is 12.4. The number of hydrogen-bond acceptors (Lipinski definition) is 3. The number of amidine groups is 1. The Morgan fingerprint density at radius 2 is 1.85 bits per heavy atom. The molecule has 4 saturated carbocycles. The standard InChI is InChI=1S/C15H25N3OS/c1-13-3-10-4-14(2,7-13)9-15(5-10,8-13)18-11(19)6-20-12(16)17/h10H,3-9H2,1-2H3,(H3,16,17)(H,18,19). The maximum absolute atomic E-state index is 12.2. The van der Waals surface area contributed by atoms with E-state index in [1.165, 1.54) is 19.3 Å². The van der Waals surface area contributed by atoms with E-state index in [9.17, 15) is 4.79 Å². The van der Waals surface area contributed by atoms with Gasteiger partial charge in [-0.25, -0.2) is 0 Å². The van der Waals surface area contributed by atoms with Crippen LogP contribution in [0.3, 0.4) is 0 Å². The molecule has 4 aliphatic rings. The van der Waals surface area contributed by atoms with Gasteiger partial charge < -0.3 is 11.1 Å². The van der Waals surface area contributed by atoms with Gasteiger partial charge in [-0.3, -0.25) is 10.2 Å². The van der Waals surface area contributed by atoms with Crippen LogP contribution in [0.2, 0.25) is 0 Å². The van der Waals surface area contributed by atoms with E-state index in [2.05, 4.69) is 19.2 Å². The minimum atomic E-state index is 0.0113. The van der Waals surface area contributed by atoms with Crippen molar-refractivity contribution < 1.29 is 4.79 Å². The Morgan fingerprint density at radius 1 is 1.25 bits per heavy atom. The van der Waals surface area contributed by atoms with Crippen molar-refractivity contribution >= 4 is 22.8 Å². The third-order valence-corrected chi connectivity index (χ3v) is 6.11. The molecule has 4 aliphatic carbocycles. The third kappa shape index (κ3) is 2.57. The first-order chi connectivity index (χ1) is 9.22. The molecule has 0 spiro atoms. The fourth-order valence-electron chi connectivity index (χ4n) is 6.06. The quantitative estimate of drug-likeness (QED) is 0.553. The van der Waals surface area contributed by atoms with Crippen LogP contribution in [0.1, 0.15) is 52.4 Å². The smallest absolute Gasteiger partial charge is 0.230 e. The second-order valence-electron chi connectivity index (χ2n) is 8.11. The van der Waals surface area contributed by atoms with Crippen LogP contribution in [0, 0.1) is 22.2 Å². The third-order valence-electron chi connectivity index (χ3n) is 5.39. The molecular formula is C15H25N3OS. The van der Waals surface area contributed by atoms with Crippen LogP contribution in [-0.2, 0) is 4.79 Å². The lowest BCUT2D eigenvalue weighted by Gasteiger charge is -2.65. The van der Waals surface area contributed by atoms with Crippen LogP contribution in [0.4, 0.5) is 0 Å². The van der Waals surface area contributed by atoms with E-state index in [0.29, 0.717) is 10.8 Å². The summed E-state index contributed by atoms with van der Waals surface area (Å²) in [6.07, 6.45) is 7.39. The first-order valence-corrected chi connectivity index (χ1v) is 8.48. The molecule has 4 N–H and O–H groups in total. The first kappa shape index (κ1) is 14.2. The Bertz CT molecular complexity index is 446. The second kappa shape index (κ2) is 4.39. The van der Waals surface area contributed by atoms with Crippen molar-refractivity contribution in [2.24, 2.45) is 22.5 Å². The van der Waals surface area contributed by atoms with Crippen LogP contribution < -0.4 is 11.1 Å². The molecule has 0 aromatic carbocycles. The Balaban J connectivity index is 1.72. The molecule has 1 amide bonds. The maximum Gasteiger partial charge on any atom is 0.230 e. The van der Waals surface area contributed by atoms with Crippen molar-refractivity contribution in [3.63, 3.8) is 0 Å². The molecule has 4 bridgehead atoms. The molecule has 0 aromatic rings. The molecule has 4 nitrogen and oxygen atoms in total. The van der Waals surface area contributed by atoms with Gasteiger partial charge in [-0.1, -0.05) is 25.6 Å². The van der Waals surface area contributed by atoms with Gasteiger partial charge in [0.25, 0.3) is 0 Å². The van der Waals surface area contributed by atoms with Gasteiger partial charge in [-0.05, 0) is 55.3 Å². The molecule has 5 heteroatoms. The molecule has 2 atom stereocenters. The molecule has 0 saturated heterocycles. The van der Waals surface area contributed by atoms with Crippen LogP contribution in [0.15, 0.2) is 0 Å². The molecular weight excluding hydrogens is 270 g/mol. The van der Waals surface area contributed by atoms with E-state index < -0.39 is 0 Å². The topological polar surface area (TPSA) is 79.0 Å². The minimum Gasteiger partial charge on any atom is -0.379 e. The van der Waals surface area contributed by atoms with E-state index >= 15 is 0 Å². The SMILES string of the molecule is CC12CC3CC(C)(C1)CC(NC(=O)CSC(=N)N)(C3)C2. The molecule has 4 fully saturated rings.